The Balaban J connectivity index is 2.39. The van der Waals surface area contributed by atoms with Gasteiger partial charge in [0.2, 0.25) is 0 Å². The third-order valence-corrected chi connectivity index (χ3v) is 3.11. The zero-order chi connectivity index (χ0) is 16.8. The van der Waals surface area contributed by atoms with Gasteiger partial charge in [0.1, 0.15) is 11.4 Å². The summed E-state index contributed by atoms with van der Waals surface area (Å²) in [7, 11) is 1.65. The van der Waals surface area contributed by atoms with E-state index in [-0.39, 0.29) is 18.2 Å². The summed E-state index contributed by atoms with van der Waals surface area (Å²) in [4.78, 5) is 11.7. The average Bonchev–Trinajstić information content (AvgIpc) is 2.42. The first-order valence-corrected chi connectivity index (χ1v) is 7.58. The van der Waals surface area contributed by atoms with Crippen LogP contribution in [0.2, 0.25) is 0 Å². The van der Waals surface area contributed by atoms with Gasteiger partial charge < -0.3 is 20.1 Å². The largest absolute Gasteiger partial charge is 0.497 e. The van der Waals surface area contributed by atoms with Crippen LogP contribution in [0.15, 0.2) is 24.3 Å². The van der Waals surface area contributed by atoms with Gasteiger partial charge in [-0.1, -0.05) is 12.1 Å². The van der Waals surface area contributed by atoms with Gasteiger partial charge in [0.25, 0.3) is 0 Å². The Bertz CT molecular complexity index is 466. The molecule has 0 aliphatic heterocycles. The molecule has 5 heteroatoms. The highest BCUT2D eigenvalue weighted by Crippen LogP contribution is 2.17. The summed E-state index contributed by atoms with van der Waals surface area (Å²) in [6, 6.07) is 8.11. The van der Waals surface area contributed by atoms with E-state index in [2.05, 4.69) is 17.6 Å². The second-order valence-corrected chi connectivity index (χ2v) is 6.45. The Morgan fingerprint density at radius 2 is 1.77 bits per heavy atom. The molecule has 1 aromatic rings. The number of carbonyl (C=O) groups is 1. The highest BCUT2D eigenvalue weighted by Gasteiger charge is 2.17. The van der Waals surface area contributed by atoms with Gasteiger partial charge in [0.15, 0.2) is 0 Å². The Morgan fingerprint density at radius 1 is 1.18 bits per heavy atom. The summed E-state index contributed by atoms with van der Waals surface area (Å²) < 4.78 is 10.4. The van der Waals surface area contributed by atoms with Gasteiger partial charge in [-0.25, -0.2) is 4.79 Å². The molecular weight excluding hydrogens is 280 g/mol. The lowest BCUT2D eigenvalue weighted by molar-refractivity contribution is 0.0507. The molecule has 22 heavy (non-hydrogen) atoms. The van der Waals surface area contributed by atoms with Crippen LogP contribution in [-0.4, -0.2) is 31.4 Å². The van der Waals surface area contributed by atoms with Crippen LogP contribution in [0.3, 0.4) is 0 Å². The molecule has 0 heterocycles. The lowest BCUT2D eigenvalue weighted by atomic mass is 10.1. The molecule has 2 atom stereocenters. The average molecular weight is 308 g/mol. The van der Waals surface area contributed by atoms with Crippen molar-refractivity contribution in [1.29, 1.82) is 0 Å². The van der Waals surface area contributed by atoms with Crippen LogP contribution in [0.5, 0.6) is 5.75 Å². The van der Waals surface area contributed by atoms with Gasteiger partial charge in [0.05, 0.1) is 7.11 Å². The molecule has 0 radical (unpaired) electrons. The lowest BCUT2D eigenvalue weighted by Gasteiger charge is -2.23. The smallest absolute Gasteiger partial charge is 0.407 e. The van der Waals surface area contributed by atoms with E-state index in [0.717, 1.165) is 5.75 Å². The number of hydrogen-bond donors (Lipinski definition) is 2. The van der Waals surface area contributed by atoms with Crippen molar-refractivity contribution in [3.63, 3.8) is 0 Å². The van der Waals surface area contributed by atoms with Gasteiger partial charge >= 0.3 is 6.09 Å². The molecule has 2 N–H and O–H groups in total. The van der Waals surface area contributed by atoms with Crippen molar-refractivity contribution in [2.45, 2.75) is 52.3 Å². The third-order valence-electron chi connectivity index (χ3n) is 3.11. The van der Waals surface area contributed by atoms with Crippen LogP contribution < -0.4 is 15.4 Å². The van der Waals surface area contributed by atoms with E-state index in [1.54, 1.807) is 7.11 Å². The molecule has 1 rings (SSSR count). The fourth-order valence-corrected chi connectivity index (χ4v) is 1.92. The number of rotatable bonds is 6. The maximum atomic E-state index is 11.7. The predicted molar refractivity (Wildman–Crippen MR) is 88.2 cm³/mol. The SMILES string of the molecule is COc1ccc(C(C)NCC(C)NC(=O)OC(C)(C)C)cc1. The highest BCUT2D eigenvalue weighted by atomic mass is 16.6. The molecule has 1 amide bonds. The van der Waals surface area contributed by atoms with Gasteiger partial charge in [-0.2, -0.15) is 0 Å². The fraction of sp³-hybridized carbons (Fsp3) is 0.588. The standard InChI is InChI=1S/C17H28N2O3/c1-12(19-16(20)22-17(3,4)5)11-18-13(2)14-7-9-15(21-6)10-8-14/h7-10,12-13,18H,11H2,1-6H3,(H,19,20). The van der Waals surface area contributed by atoms with Crippen molar-refractivity contribution in [2.24, 2.45) is 0 Å². The normalized spacial score (nSPS) is 14.1. The molecule has 0 bridgehead atoms. The Hall–Kier alpha value is -1.75. The molecular formula is C17H28N2O3. The number of hydrogen-bond acceptors (Lipinski definition) is 4. The van der Waals surface area contributed by atoms with E-state index in [0.29, 0.717) is 6.54 Å². The molecule has 0 aliphatic rings. The van der Waals surface area contributed by atoms with Crippen LogP contribution >= 0.6 is 0 Å². The third kappa shape index (κ3) is 6.80. The molecule has 2 unspecified atom stereocenters. The quantitative estimate of drug-likeness (QED) is 0.847. The number of nitrogens with one attached hydrogen (secondary N) is 2. The van der Waals surface area contributed by atoms with Gasteiger partial charge in [-0.3, -0.25) is 0 Å². The van der Waals surface area contributed by atoms with Gasteiger partial charge in [-0.15, -0.1) is 0 Å². The molecule has 0 saturated heterocycles. The van der Waals surface area contributed by atoms with Crippen molar-refractivity contribution in [3.8, 4) is 5.75 Å². The molecule has 0 fully saturated rings. The maximum Gasteiger partial charge on any atom is 0.407 e. The fourth-order valence-electron chi connectivity index (χ4n) is 1.92. The summed E-state index contributed by atoms with van der Waals surface area (Å²) in [5, 5.41) is 6.21. The Morgan fingerprint density at radius 3 is 2.27 bits per heavy atom. The van der Waals surface area contributed by atoms with E-state index in [1.165, 1.54) is 5.56 Å². The van der Waals surface area contributed by atoms with Crippen molar-refractivity contribution >= 4 is 6.09 Å². The summed E-state index contributed by atoms with van der Waals surface area (Å²) in [6.07, 6.45) is -0.390. The first-order chi connectivity index (χ1) is 10.2. The van der Waals surface area contributed by atoms with E-state index in [4.69, 9.17) is 9.47 Å². The second-order valence-electron chi connectivity index (χ2n) is 6.45. The minimum Gasteiger partial charge on any atom is -0.497 e. The number of benzene rings is 1. The minimum absolute atomic E-state index is 0.0180. The number of ether oxygens (including phenoxy) is 2. The highest BCUT2D eigenvalue weighted by molar-refractivity contribution is 5.68. The van der Waals surface area contributed by atoms with E-state index in [1.807, 2.05) is 52.0 Å². The molecule has 5 nitrogen and oxygen atoms in total. The first-order valence-electron chi connectivity index (χ1n) is 7.58. The summed E-state index contributed by atoms with van der Waals surface area (Å²) in [6.45, 7) is 10.2. The van der Waals surface area contributed by atoms with E-state index < -0.39 is 5.60 Å². The minimum atomic E-state index is -0.479. The van der Waals surface area contributed by atoms with Crippen LogP contribution in [0.1, 0.15) is 46.2 Å². The lowest BCUT2D eigenvalue weighted by Crippen LogP contribution is -2.43. The van der Waals surface area contributed by atoms with Crippen molar-refractivity contribution in [2.75, 3.05) is 13.7 Å². The monoisotopic (exact) mass is 308 g/mol. The van der Waals surface area contributed by atoms with Gasteiger partial charge in [0, 0.05) is 18.6 Å². The zero-order valence-corrected chi connectivity index (χ0v) is 14.4. The van der Waals surface area contributed by atoms with E-state index in [9.17, 15) is 4.79 Å². The Kier molecular flexibility index (Phi) is 6.68. The van der Waals surface area contributed by atoms with Crippen molar-refractivity contribution in [1.82, 2.24) is 10.6 Å². The summed E-state index contributed by atoms with van der Waals surface area (Å²) in [5.74, 6) is 0.843. The Labute approximate surface area is 133 Å². The zero-order valence-electron chi connectivity index (χ0n) is 14.4. The molecule has 0 saturated carbocycles. The second kappa shape index (κ2) is 8.03. The molecule has 0 aliphatic carbocycles. The molecule has 124 valence electrons. The van der Waals surface area contributed by atoms with Crippen LogP contribution in [-0.2, 0) is 4.74 Å². The van der Waals surface area contributed by atoms with Crippen molar-refractivity contribution in [3.05, 3.63) is 29.8 Å². The topological polar surface area (TPSA) is 59.6 Å². The molecule has 0 spiro atoms. The number of amides is 1. The number of carbonyl (C=O) groups excluding carboxylic acids is 1. The van der Waals surface area contributed by atoms with Crippen LogP contribution in [0, 0.1) is 0 Å². The maximum absolute atomic E-state index is 11.7. The number of alkyl carbamates (subject to hydrolysis) is 1. The molecule has 1 aromatic carbocycles. The summed E-state index contributed by atoms with van der Waals surface area (Å²) >= 11 is 0. The molecule has 0 aromatic heterocycles. The van der Waals surface area contributed by atoms with E-state index >= 15 is 0 Å². The predicted octanol–water partition coefficient (Wildman–Crippen LogP) is 3.26. The van der Waals surface area contributed by atoms with Crippen LogP contribution in [0.4, 0.5) is 4.79 Å². The summed E-state index contributed by atoms with van der Waals surface area (Å²) in [5.41, 5.74) is 0.693. The number of methoxy groups -OCH3 is 1. The van der Waals surface area contributed by atoms with Crippen LogP contribution in [0.25, 0.3) is 0 Å². The van der Waals surface area contributed by atoms with Crippen molar-refractivity contribution < 1.29 is 14.3 Å². The first kappa shape index (κ1) is 18.3. The van der Waals surface area contributed by atoms with Gasteiger partial charge in [-0.05, 0) is 52.3 Å².